The summed E-state index contributed by atoms with van der Waals surface area (Å²) in [5, 5.41) is 0. The summed E-state index contributed by atoms with van der Waals surface area (Å²) in [4.78, 5) is 0. The van der Waals surface area contributed by atoms with Crippen molar-refractivity contribution in [3.05, 3.63) is 14.9 Å². The van der Waals surface area contributed by atoms with Crippen LogP contribution in [0.15, 0.2) is 0 Å². The molecule has 0 spiro atoms. The van der Waals surface area contributed by atoms with Crippen molar-refractivity contribution >= 4 is 17.2 Å². The Labute approximate surface area is 193 Å². The molecule has 3 heteroatoms. The fraction of sp³-hybridized carbons (Fsp3) is 0.917. The van der Waals surface area contributed by atoms with Crippen LogP contribution in [-0.2, 0) is 21.7 Å². The van der Waals surface area contributed by atoms with E-state index in [-0.39, 0.29) is 36.6 Å². The first-order valence-electron chi connectivity index (χ1n) is 10.5. The van der Waals surface area contributed by atoms with E-state index in [1.807, 2.05) is 0 Å². The third kappa shape index (κ3) is 9.50. The molecule has 0 aromatic heterocycles. The summed E-state index contributed by atoms with van der Waals surface area (Å²) in [5.74, 6) is 0. The first-order chi connectivity index (χ1) is 11.1. The Morgan fingerprint density at radius 3 is 1.33 bits per heavy atom. The van der Waals surface area contributed by atoms with Crippen molar-refractivity contribution in [2.45, 2.75) is 112 Å². The topological polar surface area (TPSA) is 0 Å². The summed E-state index contributed by atoms with van der Waals surface area (Å²) in [6.45, 7) is 19.9. The number of hydrogen-bond donors (Lipinski definition) is 0. The minimum atomic E-state index is 0. The quantitative estimate of drug-likeness (QED) is 0.150. The van der Waals surface area contributed by atoms with E-state index in [1.54, 1.807) is 0 Å². The second-order valence-corrected chi connectivity index (χ2v) is 13.7. The van der Waals surface area contributed by atoms with Gasteiger partial charge in [0.1, 0.15) is 0 Å². The average Bonchev–Trinajstić information content (AvgIpc) is 2.45. The fourth-order valence-corrected chi connectivity index (χ4v) is 9.12. The first-order valence-corrected chi connectivity index (χ1v) is 13.1. The second kappa shape index (κ2) is 14.6. The van der Waals surface area contributed by atoms with Crippen LogP contribution in [0.25, 0.3) is 0 Å². The number of unbranched alkanes of at least 4 members (excludes halogenated alkanes) is 2. The van der Waals surface area contributed by atoms with Crippen LogP contribution in [0.4, 0.5) is 0 Å². The third-order valence-electron chi connectivity index (χ3n) is 6.56. The summed E-state index contributed by atoms with van der Waals surface area (Å²) < 4.78 is 0. The zero-order chi connectivity index (χ0) is 18.4. The van der Waals surface area contributed by atoms with Crippen molar-refractivity contribution in [2.24, 2.45) is 16.2 Å². The van der Waals surface area contributed by atoms with Crippen LogP contribution in [0.2, 0.25) is 0 Å². The van der Waals surface area contributed by atoms with Gasteiger partial charge in [-0.05, 0) is 72.0 Å². The summed E-state index contributed by atoms with van der Waals surface area (Å²) >= 11 is 0. The van der Waals surface area contributed by atoms with Crippen LogP contribution in [0.5, 0.6) is 0 Å². The zero-order valence-corrected chi connectivity index (χ0v) is 24.1. The minimum absolute atomic E-state index is 0. The molecule has 1 rings (SSSR count). The molecule has 0 aliphatic heterocycles. The van der Waals surface area contributed by atoms with Crippen molar-refractivity contribution in [3.8, 4) is 0 Å². The molecular weight excluding hydrogens is 398 g/mol. The Morgan fingerprint density at radius 2 is 1.07 bits per heavy atom. The van der Waals surface area contributed by atoms with Crippen molar-refractivity contribution in [1.82, 2.24) is 0 Å². The van der Waals surface area contributed by atoms with Gasteiger partial charge in [-0.1, -0.05) is 68.2 Å². The predicted molar refractivity (Wildman–Crippen MR) is 132 cm³/mol. The van der Waals surface area contributed by atoms with Crippen LogP contribution in [-0.4, -0.2) is 23.6 Å². The zero-order valence-electron chi connectivity index (χ0n) is 20.5. The van der Waals surface area contributed by atoms with Gasteiger partial charge in [0.15, 0.2) is 0 Å². The monoisotopic (exact) mass is 450 g/mol. The Balaban J connectivity index is -0.00000192. The molecule has 0 N–H and O–H groups in total. The van der Waals surface area contributed by atoms with Crippen molar-refractivity contribution < 1.29 is 21.7 Å². The molecule has 1 saturated carbocycles. The van der Waals surface area contributed by atoms with E-state index >= 15 is 0 Å². The maximum Gasteiger partial charge on any atom is 2.00 e. The summed E-state index contributed by atoms with van der Waals surface area (Å²) in [5.41, 5.74) is 3.33. The van der Waals surface area contributed by atoms with E-state index in [0.717, 1.165) is 11.3 Å². The molecule has 162 valence electrons. The van der Waals surface area contributed by atoms with Gasteiger partial charge in [-0.3, -0.25) is 0 Å². The van der Waals surface area contributed by atoms with Gasteiger partial charge in [0.25, 0.3) is 0 Å². The van der Waals surface area contributed by atoms with E-state index in [1.165, 1.54) is 74.4 Å². The van der Waals surface area contributed by atoms with Gasteiger partial charge in [0.2, 0.25) is 0 Å². The largest absolute Gasteiger partial charge is 2.00 e. The molecule has 0 aromatic rings. The Morgan fingerprint density at radius 1 is 0.741 bits per heavy atom. The molecule has 0 nitrogen and oxygen atoms in total. The van der Waals surface area contributed by atoms with Crippen molar-refractivity contribution in [1.29, 1.82) is 0 Å². The van der Waals surface area contributed by atoms with Gasteiger partial charge in [-0.15, -0.1) is 17.2 Å². The Bertz CT molecular complexity index is 320. The van der Waals surface area contributed by atoms with E-state index in [9.17, 15) is 0 Å². The first kappa shape index (κ1) is 33.2. The third-order valence-corrected chi connectivity index (χ3v) is 9.88. The summed E-state index contributed by atoms with van der Waals surface area (Å²) in [6.07, 6.45) is 13.1. The maximum atomic E-state index is 2.53. The summed E-state index contributed by atoms with van der Waals surface area (Å²) in [7, 11) is 2.42. The molecule has 0 saturated heterocycles. The molecule has 0 heterocycles. The molecule has 1 fully saturated rings. The van der Waals surface area contributed by atoms with Crippen molar-refractivity contribution in [3.63, 3.8) is 0 Å². The van der Waals surface area contributed by atoms with Gasteiger partial charge in [-0.2, -0.15) is 0 Å². The van der Waals surface area contributed by atoms with E-state index < -0.39 is 0 Å². The normalized spacial score (nSPS) is 23.1. The van der Waals surface area contributed by atoms with Crippen LogP contribution >= 0.6 is 17.2 Å². The molecule has 0 radical (unpaired) electrons. The number of rotatable bonds is 8. The van der Waals surface area contributed by atoms with Crippen LogP contribution in [0.1, 0.15) is 100 Å². The molecular formula is C24H52P2Ti. The molecule has 1 aliphatic rings. The van der Waals surface area contributed by atoms with E-state index in [4.69, 9.17) is 0 Å². The Kier molecular flexibility index (Phi) is 17.9. The molecule has 4 unspecified atom stereocenters. The van der Waals surface area contributed by atoms with Gasteiger partial charge in [-0.25, -0.2) is 0 Å². The second-order valence-electron chi connectivity index (χ2n) is 10.2. The maximum absolute atomic E-state index is 2.53. The molecule has 0 aromatic carbocycles. The minimum Gasteiger partial charge on any atom is -0.358 e. The standard InChI is InChI=1S/C22H46P2.2CH3.Ti/c1-9-11-13-23-18-15-19(24-14-12-10-2)17-22(16-18,20(3,4)5)21(6,7)8;;;/h18-19,23-24H,9-17H2,1-8H3;2*1H3;/q;2*-1;+2. The van der Waals surface area contributed by atoms with E-state index in [0.29, 0.717) is 16.2 Å². The predicted octanol–water partition coefficient (Wildman–Crippen LogP) is 8.84. The van der Waals surface area contributed by atoms with Gasteiger partial charge in [0, 0.05) is 0 Å². The van der Waals surface area contributed by atoms with Crippen LogP contribution in [0.3, 0.4) is 0 Å². The van der Waals surface area contributed by atoms with Gasteiger partial charge in [0.05, 0.1) is 0 Å². The molecule has 27 heavy (non-hydrogen) atoms. The van der Waals surface area contributed by atoms with Crippen LogP contribution < -0.4 is 0 Å². The molecule has 4 atom stereocenters. The SMILES string of the molecule is CCCCPC1CC(PCCCC)CC(C(C)(C)C)(C(C)(C)C)C1.[CH3-].[CH3-].[Ti+2]. The fourth-order valence-electron chi connectivity index (χ4n) is 5.06. The molecule has 0 amide bonds. The van der Waals surface area contributed by atoms with Gasteiger partial charge < -0.3 is 14.9 Å². The molecule has 1 aliphatic carbocycles. The van der Waals surface area contributed by atoms with E-state index in [2.05, 4.69) is 55.4 Å². The Hall–Kier alpha value is 1.57. The van der Waals surface area contributed by atoms with Crippen LogP contribution in [0, 0.1) is 31.1 Å². The van der Waals surface area contributed by atoms with Crippen molar-refractivity contribution in [2.75, 3.05) is 12.3 Å². The summed E-state index contributed by atoms with van der Waals surface area (Å²) in [6, 6.07) is 0. The smallest absolute Gasteiger partial charge is 0.358 e. The number of hydrogen-bond acceptors (Lipinski definition) is 0. The average molecular weight is 450 g/mol. The van der Waals surface area contributed by atoms with Gasteiger partial charge >= 0.3 is 21.7 Å². The molecule has 0 bridgehead atoms.